The predicted molar refractivity (Wildman–Crippen MR) is 62.5 cm³/mol. The Morgan fingerprint density at radius 1 is 1.44 bits per heavy atom. The molecule has 0 radical (unpaired) electrons. The Morgan fingerprint density at radius 3 is 2.44 bits per heavy atom. The van der Waals surface area contributed by atoms with Crippen LogP contribution in [0.4, 0.5) is 20.2 Å². The zero-order chi connectivity index (χ0) is 13.7. The number of anilines is 1. The number of methoxy groups -OCH3 is 1. The fourth-order valence-electron chi connectivity index (χ4n) is 1.45. The second kappa shape index (κ2) is 6.25. The molecule has 0 saturated carbocycles. The molecule has 1 N–H and O–H groups in total. The number of hydrogen-bond donors (Lipinski definition) is 1. The van der Waals surface area contributed by atoms with Crippen molar-refractivity contribution in [3.05, 3.63) is 33.9 Å². The van der Waals surface area contributed by atoms with E-state index in [2.05, 4.69) is 5.32 Å². The first-order valence-corrected chi connectivity index (χ1v) is 5.32. The number of hydrogen-bond acceptors (Lipinski definition) is 4. The third-order valence-electron chi connectivity index (χ3n) is 2.32. The maximum Gasteiger partial charge on any atom is 0.275 e. The molecule has 100 valence electrons. The van der Waals surface area contributed by atoms with E-state index in [0.717, 1.165) is 0 Å². The molecule has 0 amide bonds. The highest BCUT2D eigenvalue weighted by molar-refractivity contribution is 5.51. The molecular weight excluding hydrogens is 246 g/mol. The van der Waals surface area contributed by atoms with Crippen LogP contribution >= 0.6 is 0 Å². The zero-order valence-corrected chi connectivity index (χ0v) is 10.1. The largest absolute Gasteiger partial charge is 0.384 e. The Bertz CT molecular complexity index is 417. The van der Waals surface area contributed by atoms with E-state index < -0.39 is 22.2 Å². The van der Waals surface area contributed by atoms with E-state index in [-0.39, 0.29) is 11.6 Å². The molecule has 0 saturated heterocycles. The van der Waals surface area contributed by atoms with Crippen molar-refractivity contribution in [3.8, 4) is 0 Å². The molecule has 1 rings (SSSR count). The molecule has 0 aliphatic heterocycles. The molecule has 1 unspecified atom stereocenters. The van der Waals surface area contributed by atoms with Gasteiger partial charge in [-0.1, -0.05) is 6.92 Å². The molecule has 0 spiro atoms. The van der Waals surface area contributed by atoms with E-state index >= 15 is 0 Å². The Morgan fingerprint density at radius 2 is 2.00 bits per heavy atom. The van der Waals surface area contributed by atoms with Crippen LogP contribution < -0.4 is 5.32 Å². The first-order chi connectivity index (χ1) is 8.45. The fraction of sp³-hybridized carbons (Fsp3) is 0.455. The zero-order valence-electron chi connectivity index (χ0n) is 10.1. The number of nitrogens with zero attached hydrogens (tertiary/aromatic N) is 1. The third-order valence-corrected chi connectivity index (χ3v) is 2.32. The Kier molecular flexibility index (Phi) is 4.96. The van der Waals surface area contributed by atoms with E-state index in [1.807, 2.05) is 6.92 Å². The SMILES string of the molecule is COCC(C)CNc1c(F)cc([N+](=O)[O-])cc1F. The number of halogens is 2. The lowest BCUT2D eigenvalue weighted by atomic mass is 10.2. The molecule has 1 aromatic rings. The van der Waals surface area contributed by atoms with Crippen LogP contribution in [0.2, 0.25) is 0 Å². The Balaban J connectivity index is 2.81. The summed E-state index contributed by atoms with van der Waals surface area (Å²) in [5, 5.41) is 13.0. The van der Waals surface area contributed by atoms with Crippen molar-refractivity contribution in [2.45, 2.75) is 6.92 Å². The Labute approximate surface area is 103 Å². The number of nitro benzene ring substituents is 1. The first kappa shape index (κ1) is 14.3. The maximum absolute atomic E-state index is 13.5. The van der Waals surface area contributed by atoms with Gasteiger partial charge >= 0.3 is 0 Å². The first-order valence-electron chi connectivity index (χ1n) is 5.32. The van der Waals surface area contributed by atoms with E-state index in [1.165, 1.54) is 7.11 Å². The number of nitro groups is 1. The van der Waals surface area contributed by atoms with Crippen molar-refractivity contribution in [1.29, 1.82) is 0 Å². The predicted octanol–water partition coefficient (Wildman–Crippen LogP) is 2.57. The van der Waals surface area contributed by atoms with Crippen molar-refractivity contribution < 1.29 is 18.4 Å². The summed E-state index contributed by atoms with van der Waals surface area (Å²) in [6.45, 7) is 2.60. The standard InChI is InChI=1S/C11H14F2N2O3/c1-7(6-18-2)5-14-11-9(12)3-8(15(16)17)4-10(11)13/h3-4,7,14H,5-6H2,1-2H3. The molecule has 1 aromatic carbocycles. The van der Waals surface area contributed by atoms with Crippen LogP contribution in [0.5, 0.6) is 0 Å². The quantitative estimate of drug-likeness (QED) is 0.630. The molecular formula is C11H14F2N2O3. The second-order valence-corrected chi connectivity index (χ2v) is 3.98. The van der Waals surface area contributed by atoms with Gasteiger partial charge in [0, 0.05) is 13.7 Å². The summed E-state index contributed by atoms with van der Waals surface area (Å²) in [6, 6.07) is 1.37. The van der Waals surface area contributed by atoms with Crippen LogP contribution in [0.25, 0.3) is 0 Å². The molecule has 0 heterocycles. The lowest BCUT2D eigenvalue weighted by Gasteiger charge is -2.13. The van der Waals surface area contributed by atoms with Crippen molar-refractivity contribution in [3.63, 3.8) is 0 Å². The molecule has 0 aromatic heterocycles. The lowest BCUT2D eigenvalue weighted by molar-refractivity contribution is -0.385. The van der Waals surface area contributed by atoms with E-state index in [9.17, 15) is 18.9 Å². The molecule has 0 bridgehead atoms. The maximum atomic E-state index is 13.5. The van der Waals surface area contributed by atoms with E-state index in [1.54, 1.807) is 0 Å². The average Bonchev–Trinajstić information content (AvgIpc) is 2.27. The highest BCUT2D eigenvalue weighted by Crippen LogP contribution is 2.24. The van der Waals surface area contributed by atoms with Gasteiger partial charge in [0.15, 0.2) is 11.6 Å². The summed E-state index contributed by atoms with van der Waals surface area (Å²) in [7, 11) is 1.53. The fourth-order valence-corrected chi connectivity index (χ4v) is 1.45. The number of benzene rings is 1. The van der Waals surface area contributed by atoms with Gasteiger partial charge < -0.3 is 10.1 Å². The molecule has 1 atom stereocenters. The summed E-state index contributed by atoms with van der Waals surface area (Å²) in [5.41, 5.74) is -0.968. The van der Waals surface area contributed by atoms with Crippen molar-refractivity contribution in [2.75, 3.05) is 25.6 Å². The normalized spacial score (nSPS) is 12.2. The highest BCUT2D eigenvalue weighted by Gasteiger charge is 2.17. The van der Waals surface area contributed by atoms with Crippen LogP contribution in [0.15, 0.2) is 12.1 Å². The monoisotopic (exact) mass is 260 g/mol. The minimum Gasteiger partial charge on any atom is -0.384 e. The number of ether oxygens (including phenoxy) is 1. The van der Waals surface area contributed by atoms with Gasteiger partial charge in [0.25, 0.3) is 5.69 Å². The van der Waals surface area contributed by atoms with Gasteiger partial charge in [-0.05, 0) is 5.92 Å². The van der Waals surface area contributed by atoms with Crippen molar-refractivity contribution in [1.82, 2.24) is 0 Å². The summed E-state index contributed by atoms with van der Waals surface area (Å²) in [5.74, 6) is -1.90. The summed E-state index contributed by atoms with van der Waals surface area (Å²) in [6.07, 6.45) is 0. The van der Waals surface area contributed by atoms with Crippen LogP contribution in [0, 0.1) is 27.7 Å². The summed E-state index contributed by atoms with van der Waals surface area (Å²) < 4.78 is 31.8. The van der Waals surface area contributed by atoms with Gasteiger partial charge in [-0.25, -0.2) is 8.78 Å². The molecule has 18 heavy (non-hydrogen) atoms. The van der Waals surface area contributed by atoms with Gasteiger partial charge in [-0.2, -0.15) is 0 Å². The molecule has 0 fully saturated rings. The number of nitrogens with one attached hydrogen (secondary N) is 1. The van der Waals surface area contributed by atoms with Crippen LogP contribution in [0.3, 0.4) is 0 Å². The molecule has 0 aliphatic rings. The number of rotatable bonds is 6. The molecule has 7 heteroatoms. The minimum atomic E-state index is -0.980. The van der Waals surface area contributed by atoms with Gasteiger partial charge in [0.2, 0.25) is 0 Å². The highest BCUT2D eigenvalue weighted by atomic mass is 19.1. The average molecular weight is 260 g/mol. The van der Waals surface area contributed by atoms with Gasteiger partial charge in [0.1, 0.15) is 5.69 Å². The van der Waals surface area contributed by atoms with Crippen molar-refractivity contribution >= 4 is 11.4 Å². The van der Waals surface area contributed by atoms with E-state index in [0.29, 0.717) is 25.3 Å². The topological polar surface area (TPSA) is 64.4 Å². The third kappa shape index (κ3) is 3.63. The van der Waals surface area contributed by atoms with Crippen LogP contribution in [-0.2, 0) is 4.74 Å². The van der Waals surface area contributed by atoms with Gasteiger partial charge in [0.05, 0.1) is 23.7 Å². The molecule has 5 nitrogen and oxygen atoms in total. The van der Waals surface area contributed by atoms with Gasteiger partial charge in [-0.15, -0.1) is 0 Å². The summed E-state index contributed by atoms with van der Waals surface area (Å²) >= 11 is 0. The minimum absolute atomic E-state index is 0.0593. The van der Waals surface area contributed by atoms with Crippen LogP contribution in [0.1, 0.15) is 6.92 Å². The van der Waals surface area contributed by atoms with Crippen molar-refractivity contribution in [2.24, 2.45) is 5.92 Å². The van der Waals surface area contributed by atoms with Crippen LogP contribution in [-0.4, -0.2) is 25.2 Å². The summed E-state index contributed by atoms with van der Waals surface area (Å²) in [4.78, 5) is 9.56. The lowest BCUT2D eigenvalue weighted by Crippen LogP contribution is -2.17. The second-order valence-electron chi connectivity index (χ2n) is 3.98. The molecule has 0 aliphatic carbocycles. The van der Waals surface area contributed by atoms with E-state index in [4.69, 9.17) is 4.74 Å². The Hall–Kier alpha value is -1.76. The smallest absolute Gasteiger partial charge is 0.275 e. The number of non-ortho nitro benzene ring substituents is 1. The van der Waals surface area contributed by atoms with Gasteiger partial charge in [-0.3, -0.25) is 10.1 Å².